The Morgan fingerprint density at radius 2 is 2.26 bits per heavy atom. The minimum Gasteiger partial charge on any atom is -0.352 e. The van der Waals surface area contributed by atoms with Crippen LogP contribution in [0.3, 0.4) is 0 Å². The Balaban J connectivity index is 1.61. The van der Waals surface area contributed by atoms with E-state index in [-0.39, 0.29) is 11.8 Å². The fraction of sp³-hybridized carbons (Fsp3) is 0.471. The van der Waals surface area contributed by atoms with Crippen molar-refractivity contribution in [3.05, 3.63) is 41.0 Å². The molecule has 3 rings (SSSR count). The molecular weight excluding hydrogens is 234 g/mol. The maximum atomic E-state index is 12.0. The summed E-state index contributed by atoms with van der Waals surface area (Å²) in [6.45, 7) is 2.69. The molecule has 1 fully saturated rings. The monoisotopic (exact) mass is 255 g/mol. The van der Waals surface area contributed by atoms with Gasteiger partial charge in [0, 0.05) is 12.5 Å². The average molecular weight is 255 g/mol. The maximum absolute atomic E-state index is 12.0. The number of aryl methyl sites for hydroxylation is 1. The molecule has 2 nitrogen and oxygen atoms in total. The Morgan fingerprint density at radius 3 is 3.05 bits per heavy atom. The van der Waals surface area contributed by atoms with Crippen LogP contribution in [0.4, 0.5) is 0 Å². The Morgan fingerprint density at radius 1 is 1.42 bits per heavy atom. The lowest BCUT2D eigenvalue weighted by molar-refractivity contribution is -0.125. The van der Waals surface area contributed by atoms with Crippen molar-refractivity contribution in [3.8, 4) is 0 Å². The van der Waals surface area contributed by atoms with E-state index in [4.69, 9.17) is 0 Å². The van der Waals surface area contributed by atoms with E-state index in [0.29, 0.717) is 12.5 Å². The van der Waals surface area contributed by atoms with Gasteiger partial charge in [-0.25, -0.2) is 0 Å². The molecule has 19 heavy (non-hydrogen) atoms. The number of fused-ring (bicyclic) bond motifs is 1. The largest absolute Gasteiger partial charge is 0.352 e. The predicted octanol–water partition coefficient (Wildman–Crippen LogP) is 3.31. The lowest BCUT2D eigenvalue weighted by atomic mass is 9.95. The van der Waals surface area contributed by atoms with Crippen LogP contribution in [0, 0.1) is 11.8 Å². The molecule has 2 aliphatic carbocycles. The fourth-order valence-corrected chi connectivity index (χ4v) is 2.75. The van der Waals surface area contributed by atoms with E-state index in [2.05, 4.69) is 35.7 Å². The minimum absolute atomic E-state index is 0.178. The molecule has 1 aromatic carbocycles. The molecular formula is C17H21NO. The number of hydrogen-bond donors (Lipinski definition) is 1. The van der Waals surface area contributed by atoms with Gasteiger partial charge in [0.15, 0.2) is 0 Å². The van der Waals surface area contributed by atoms with E-state index in [9.17, 15) is 4.79 Å². The molecule has 0 bridgehead atoms. The van der Waals surface area contributed by atoms with Crippen LogP contribution in [-0.2, 0) is 17.8 Å². The summed E-state index contributed by atoms with van der Waals surface area (Å²) in [5.74, 6) is 1.01. The second kappa shape index (κ2) is 5.20. The first-order valence-electron chi connectivity index (χ1n) is 7.30. The van der Waals surface area contributed by atoms with Gasteiger partial charge in [0.2, 0.25) is 5.91 Å². The number of amides is 1. The van der Waals surface area contributed by atoms with Crippen LogP contribution in [0.2, 0.25) is 0 Å². The van der Waals surface area contributed by atoms with Crippen molar-refractivity contribution in [3.63, 3.8) is 0 Å². The highest BCUT2D eigenvalue weighted by atomic mass is 16.1. The van der Waals surface area contributed by atoms with E-state index in [1.807, 2.05) is 6.92 Å². The Bertz CT molecular complexity index is 514. The molecule has 0 heterocycles. The highest BCUT2D eigenvalue weighted by molar-refractivity contribution is 5.78. The van der Waals surface area contributed by atoms with Gasteiger partial charge >= 0.3 is 0 Å². The zero-order valence-corrected chi connectivity index (χ0v) is 11.5. The topological polar surface area (TPSA) is 29.1 Å². The molecule has 2 aliphatic rings. The van der Waals surface area contributed by atoms with Crippen LogP contribution in [-0.4, -0.2) is 5.91 Å². The van der Waals surface area contributed by atoms with Crippen molar-refractivity contribution in [2.24, 2.45) is 11.8 Å². The molecule has 1 saturated carbocycles. The standard InChI is InChI=1S/C17H21NO/c1-12(14-8-9-14)17(19)18-11-13-6-7-15-4-2-3-5-16(15)10-13/h3,5-7,10,12,14H,2,4,8-9,11H2,1H3,(H,18,19). The summed E-state index contributed by atoms with van der Waals surface area (Å²) in [5.41, 5.74) is 3.93. The lowest BCUT2D eigenvalue weighted by Crippen LogP contribution is -2.29. The van der Waals surface area contributed by atoms with Gasteiger partial charge in [0.1, 0.15) is 0 Å². The third-order valence-electron chi connectivity index (χ3n) is 4.30. The molecule has 1 N–H and O–H groups in total. The van der Waals surface area contributed by atoms with Crippen molar-refractivity contribution in [2.45, 2.75) is 39.2 Å². The molecule has 2 heteroatoms. The third-order valence-corrected chi connectivity index (χ3v) is 4.30. The third kappa shape index (κ3) is 2.89. The number of benzene rings is 1. The van der Waals surface area contributed by atoms with Crippen LogP contribution < -0.4 is 5.32 Å². The van der Waals surface area contributed by atoms with Gasteiger partial charge in [0.05, 0.1) is 0 Å². The van der Waals surface area contributed by atoms with E-state index >= 15 is 0 Å². The average Bonchev–Trinajstić information content (AvgIpc) is 3.28. The van der Waals surface area contributed by atoms with Crippen LogP contribution >= 0.6 is 0 Å². The highest BCUT2D eigenvalue weighted by Crippen LogP contribution is 2.36. The SMILES string of the molecule is CC(C(=O)NCc1ccc2c(c1)C=CCC2)C1CC1. The number of carbonyl (C=O) groups is 1. The second-order valence-corrected chi connectivity index (χ2v) is 5.82. The first kappa shape index (κ1) is 12.5. The molecule has 0 radical (unpaired) electrons. The molecule has 1 atom stereocenters. The first-order chi connectivity index (χ1) is 9.24. The lowest BCUT2D eigenvalue weighted by Gasteiger charge is -2.14. The van der Waals surface area contributed by atoms with Gasteiger partial charge in [0.25, 0.3) is 0 Å². The van der Waals surface area contributed by atoms with Gasteiger partial charge < -0.3 is 5.32 Å². The summed E-state index contributed by atoms with van der Waals surface area (Å²) in [5, 5.41) is 3.06. The van der Waals surface area contributed by atoms with Crippen molar-refractivity contribution in [1.82, 2.24) is 5.32 Å². The van der Waals surface area contributed by atoms with Crippen LogP contribution in [0.15, 0.2) is 24.3 Å². The van der Waals surface area contributed by atoms with Crippen molar-refractivity contribution in [1.29, 1.82) is 0 Å². The van der Waals surface area contributed by atoms with Crippen molar-refractivity contribution < 1.29 is 4.79 Å². The molecule has 1 aromatic rings. The molecule has 1 unspecified atom stereocenters. The van der Waals surface area contributed by atoms with E-state index < -0.39 is 0 Å². The Hall–Kier alpha value is -1.57. The molecule has 0 aromatic heterocycles. The summed E-state index contributed by atoms with van der Waals surface area (Å²) in [4.78, 5) is 12.0. The minimum atomic E-state index is 0.178. The van der Waals surface area contributed by atoms with E-state index in [1.54, 1.807) is 0 Å². The second-order valence-electron chi connectivity index (χ2n) is 5.82. The fourth-order valence-electron chi connectivity index (χ4n) is 2.75. The Labute approximate surface area is 114 Å². The maximum Gasteiger partial charge on any atom is 0.223 e. The first-order valence-corrected chi connectivity index (χ1v) is 7.30. The van der Waals surface area contributed by atoms with Gasteiger partial charge in [-0.2, -0.15) is 0 Å². The molecule has 100 valence electrons. The van der Waals surface area contributed by atoms with Gasteiger partial charge in [-0.3, -0.25) is 4.79 Å². The molecule has 0 spiro atoms. The van der Waals surface area contributed by atoms with Crippen LogP contribution in [0.5, 0.6) is 0 Å². The van der Waals surface area contributed by atoms with Crippen LogP contribution in [0.25, 0.3) is 6.08 Å². The van der Waals surface area contributed by atoms with E-state index in [1.165, 1.54) is 29.5 Å². The number of carbonyl (C=O) groups excluding carboxylic acids is 1. The summed E-state index contributed by atoms with van der Waals surface area (Å²) in [6, 6.07) is 6.54. The zero-order chi connectivity index (χ0) is 13.2. The quantitative estimate of drug-likeness (QED) is 0.878. The molecule has 0 aliphatic heterocycles. The normalized spacial score (nSPS) is 18.8. The Kier molecular flexibility index (Phi) is 3.41. The van der Waals surface area contributed by atoms with Gasteiger partial charge in [-0.15, -0.1) is 0 Å². The molecule has 0 saturated heterocycles. The summed E-state index contributed by atoms with van der Waals surface area (Å²) in [6.07, 6.45) is 9.13. The van der Waals surface area contributed by atoms with Crippen molar-refractivity contribution >= 4 is 12.0 Å². The summed E-state index contributed by atoms with van der Waals surface area (Å²) in [7, 11) is 0. The summed E-state index contributed by atoms with van der Waals surface area (Å²) >= 11 is 0. The zero-order valence-electron chi connectivity index (χ0n) is 11.5. The predicted molar refractivity (Wildman–Crippen MR) is 77.5 cm³/mol. The number of allylic oxidation sites excluding steroid dienone is 1. The summed E-state index contributed by atoms with van der Waals surface area (Å²) < 4.78 is 0. The van der Waals surface area contributed by atoms with E-state index in [0.717, 1.165) is 12.8 Å². The smallest absolute Gasteiger partial charge is 0.223 e. The number of nitrogens with one attached hydrogen (secondary N) is 1. The van der Waals surface area contributed by atoms with Gasteiger partial charge in [-0.05, 0) is 54.4 Å². The highest BCUT2D eigenvalue weighted by Gasteiger charge is 2.32. The number of rotatable bonds is 4. The number of hydrogen-bond acceptors (Lipinski definition) is 1. The van der Waals surface area contributed by atoms with Gasteiger partial charge in [-0.1, -0.05) is 31.2 Å². The van der Waals surface area contributed by atoms with Crippen LogP contribution in [0.1, 0.15) is 42.9 Å². The molecule has 1 amide bonds. The van der Waals surface area contributed by atoms with Crippen molar-refractivity contribution in [2.75, 3.05) is 0 Å².